The molecular weight excluding hydrogens is 246 g/mol. The predicted molar refractivity (Wildman–Crippen MR) is 57.9 cm³/mol. The van der Waals surface area contributed by atoms with Gasteiger partial charge < -0.3 is 0 Å². The lowest BCUT2D eigenvalue weighted by Crippen LogP contribution is -2.54. The van der Waals surface area contributed by atoms with E-state index in [1.807, 2.05) is 13.8 Å². The van der Waals surface area contributed by atoms with Gasteiger partial charge in [-0.05, 0) is 25.2 Å². The minimum Gasteiger partial charge on any atom is -0.263 e. The Hall–Kier alpha value is -0.120. The zero-order valence-electron chi connectivity index (χ0n) is 8.84. The van der Waals surface area contributed by atoms with E-state index in [4.69, 9.17) is 0 Å². The summed E-state index contributed by atoms with van der Waals surface area (Å²) < 4.78 is -0.921. The van der Waals surface area contributed by atoms with Crippen LogP contribution in [-0.4, -0.2) is 9.37 Å². The fraction of sp³-hybridized carbons (Fsp3) is 1.00. The van der Waals surface area contributed by atoms with Crippen LogP contribution in [0.2, 0.25) is 0 Å². The molecule has 2 rings (SSSR count). The number of alkyl halides is 1. The van der Waals surface area contributed by atoms with Crippen LogP contribution >= 0.6 is 15.9 Å². The molecule has 0 spiro atoms. The summed E-state index contributed by atoms with van der Waals surface area (Å²) in [6.45, 7) is 6.11. The van der Waals surface area contributed by atoms with Crippen molar-refractivity contribution in [2.24, 2.45) is 16.7 Å². The molecule has 80 valence electrons. The number of rotatable bonds is 1. The fourth-order valence-electron chi connectivity index (χ4n) is 3.66. The number of nitro groups is 1. The van der Waals surface area contributed by atoms with E-state index in [1.54, 1.807) is 0 Å². The number of hydrogen-bond acceptors (Lipinski definition) is 2. The molecule has 0 aromatic heterocycles. The third kappa shape index (κ3) is 0.841. The first kappa shape index (κ1) is 10.4. The highest BCUT2D eigenvalue weighted by atomic mass is 79.9. The van der Waals surface area contributed by atoms with Gasteiger partial charge in [-0.3, -0.25) is 10.1 Å². The summed E-state index contributed by atoms with van der Waals surface area (Å²) in [5.74, 6) is 0.497. The average Bonchev–Trinajstić information content (AvgIpc) is 2.51. The molecule has 3 unspecified atom stereocenters. The van der Waals surface area contributed by atoms with Crippen molar-refractivity contribution in [3.8, 4) is 0 Å². The molecule has 3 nitrogen and oxygen atoms in total. The molecule has 0 aliphatic heterocycles. The molecule has 0 saturated heterocycles. The Morgan fingerprint density at radius 3 is 2.29 bits per heavy atom. The van der Waals surface area contributed by atoms with Gasteiger partial charge in [-0.15, -0.1) is 0 Å². The topological polar surface area (TPSA) is 43.1 Å². The molecule has 2 fully saturated rings. The van der Waals surface area contributed by atoms with Gasteiger partial charge in [-0.1, -0.05) is 20.8 Å². The highest BCUT2D eigenvalue weighted by molar-refractivity contribution is 9.10. The maximum atomic E-state index is 11.3. The van der Waals surface area contributed by atoms with Crippen LogP contribution in [-0.2, 0) is 0 Å². The molecule has 14 heavy (non-hydrogen) atoms. The Balaban J connectivity index is 2.54. The molecule has 2 aliphatic carbocycles. The Labute approximate surface area is 92.5 Å². The summed E-state index contributed by atoms with van der Waals surface area (Å²) in [5.41, 5.74) is -0.395. The minimum absolute atomic E-state index is 0.105. The summed E-state index contributed by atoms with van der Waals surface area (Å²) in [6, 6.07) is 0. The smallest absolute Gasteiger partial charge is 0.263 e. The van der Waals surface area contributed by atoms with Gasteiger partial charge in [0.15, 0.2) is 0 Å². The lowest BCUT2D eigenvalue weighted by atomic mass is 9.68. The van der Waals surface area contributed by atoms with Gasteiger partial charge in [0, 0.05) is 31.7 Å². The van der Waals surface area contributed by atoms with Crippen molar-refractivity contribution in [1.82, 2.24) is 0 Å². The van der Waals surface area contributed by atoms with E-state index in [2.05, 4.69) is 22.9 Å². The molecule has 0 heterocycles. The van der Waals surface area contributed by atoms with E-state index in [0.29, 0.717) is 5.92 Å². The van der Waals surface area contributed by atoms with Crippen molar-refractivity contribution in [3.05, 3.63) is 10.1 Å². The van der Waals surface area contributed by atoms with Gasteiger partial charge in [0.25, 0.3) is 4.45 Å². The number of hydrogen-bond donors (Lipinski definition) is 0. The first-order valence-corrected chi connectivity index (χ1v) is 5.88. The van der Waals surface area contributed by atoms with E-state index in [9.17, 15) is 10.1 Å². The molecule has 0 amide bonds. The molecule has 2 aliphatic rings. The summed E-state index contributed by atoms with van der Waals surface area (Å²) in [4.78, 5) is 11.2. The lowest BCUT2D eigenvalue weighted by molar-refractivity contribution is -0.571. The highest BCUT2D eigenvalue weighted by Crippen LogP contribution is 2.71. The van der Waals surface area contributed by atoms with Crippen molar-refractivity contribution in [1.29, 1.82) is 0 Å². The zero-order valence-corrected chi connectivity index (χ0v) is 10.4. The Morgan fingerprint density at radius 1 is 1.43 bits per heavy atom. The molecule has 3 atom stereocenters. The van der Waals surface area contributed by atoms with E-state index in [1.165, 1.54) is 0 Å². The largest absolute Gasteiger partial charge is 0.285 e. The Bertz CT molecular complexity index is 298. The molecule has 0 aromatic carbocycles. The quantitative estimate of drug-likeness (QED) is 0.315. The molecule has 2 bridgehead atoms. The zero-order chi connectivity index (χ0) is 10.8. The molecule has 2 saturated carbocycles. The summed E-state index contributed by atoms with van der Waals surface area (Å²) in [5, 5.41) is 11.3. The standard InChI is InChI=1S/C10H16BrNO2/c1-8(2)7-4-5-9(3,6-7)10(8,11)12(13)14/h7H,4-6H2,1-3H3. The second-order valence-electron chi connectivity index (χ2n) is 5.60. The van der Waals surface area contributed by atoms with Gasteiger partial charge in [0.1, 0.15) is 0 Å². The van der Waals surface area contributed by atoms with Crippen LogP contribution < -0.4 is 0 Å². The SMILES string of the molecule is CC12CCC(C1)C(C)(C)C2(Br)[N+](=O)[O-]. The van der Waals surface area contributed by atoms with Crippen molar-refractivity contribution >= 4 is 15.9 Å². The molecular formula is C10H16BrNO2. The summed E-state index contributed by atoms with van der Waals surface area (Å²) in [6.07, 6.45) is 3.12. The summed E-state index contributed by atoms with van der Waals surface area (Å²) >= 11 is 3.45. The van der Waals surface area contributed by atoms with Gasteiger partial charge in [-0.25, -0.2) is 0 Å². The lowest BCUT2D eigenvalue weighted by Gasteiger charge is -2.42. The van der Waals surface area contributed by atoms with Gasteiger partial charge >= 0.3 is 0 Å². The van der Waals surface area contributed by atoms with Gasteiger partial charge in [0.2, 0.25) is 0 Å². The van der Waals surface area contributed by atoms with E-state index in [0.717, 1.165) is 19.3 Å². The van der Waals surface area contributed by atoms with Gasteiger partial charge in [0.05, 0.1) is 0 Å². The van der Waals surface area contributed by atoms with Crippen molar-refractivity contribution in [3.63, 3.8) is 0 Å². The fourth-order valence-corrected chi connectivity index (χ4v) is 4.35. The van der Waals surface area contributed by atoms with Crippen LogP contribution in [0, 0.1) is 26.9 Å². The molecule has 0 N–H and O–H groups in total. The van der Waals surface area contributed by atoms with Gasteiger partial charge in [-0.2, -0.15) is 0 Å². The third-order valence-corrected chi connectivity index (χ3v) is 6.94. The van der Waals surface area contributed by atoms with Crippen LogP contribution in [0.5, 0.6) is 0 Å². The molecule has 4 heteroatoms. The second kappa shape index (κ2) is 2.52. The Kier molecular flexibility index (Phi) is 1.87. The second-order valence-corrected chi connectivity index (χ2v) is 6.75. The first-order chi connectivity index (χ1) is 6.26. The minimum atomic E-state index is -0.921. The average molecular weight is 262 g/mol. The highest BCUT2D eigenvalue weighted by Gasteiger charge is 2.76. The number of nitrogens with zero attached hydrogens (tertiary/aromatic N) is 1. The molecule has 0 aromatic rings. The maximum Gasteiger partial charge on any atom is 0.285 e. The van der Waals surface area contributed by atoms with Crippen molar-refractivity contribution < 1.29 is 4.92 Å². The van der Waals surface area contributed by atoms with E-state index >= 15 is 0 Å². The first-order valence-electron chi connectivity index (χ1n) is 5.09. The van der Waals surface area contributed by atoms with Crippen molar-refractivity contribution in [2.75, 3.05) is 0 Å². The van der Waals surface area contributed by atoms with Crippen molar-refractivity contribution in [2.45, 2.75) is 44.5 Å². The Morgan fingerprint density at radius 2 is 2.00 bits per heavy atom. The third-order valence-electron chi connectivity index (χ3n) is 4.67. The monoisotopic (exact) mass is 261 g/mol. The predicted octanol–water partition coefficient (Wildman–Crippen LogP) is 3.20. The number of fused-ring (bicyclic) bond motifs is 2. The normalized spacial score (nSPS) is 49.6. The summed E-state index contributed by atoms with van der Waals surface area (Å²) in [7, 11) is 0. The van der Waals surface area contributed by atoms with Crippen LogP contribution in [0.3, 0.4) is 0 Å². The molecule has 0 radical (unpaired) electrons. The van der Waals surface area contributed by atoms with Crippen LogP contribution in [0.4, 0.5) is 0 Å². The number of halogens is 1. The van der Waals surface area contributed by atoms with Crippen LogP contribution in [0.25, 0.3) is 0 Å². The van der Waals surface area contributed by atoms with Crippen LogP contribution in [0.15, 0.2) is 0 Å². The van der Waals surface area contributed by atoms with Crippen LogP contribution in [0.1, 0.15) is 40.0 Å². The van der Waals surface area contributed by atoms with E-state index < -0.39 is 4.45 Å². The maximum absolute atomic E-state index is 11.3. The van der Waals surface area contributed by atoms with E-state index in [-0.39, 0.29) is 15.8 Å².